The summed E-state index contributed by atoms with van der Waals surface area (Å²) in [5.41, 5.74) is 0. The van der Waals surface area contributed by atoms with Gasteiger partial charge in [0, 0.05) is 11.5 Å². The van der Waals surface area contributed by atoms with Gasteiger partial charge in [-0.15, -0.1) is 0 Å². The van der Waals surface area contributed by atoms with Crippen molar-refractivity contribution >= 4 is 10.8 Å². The van der Waals surface area contributed by atoms with Crippen molar-refractivity contribution in [3.8, 4) is 17.2 Å². The molecule has 0 radical (unpaired) electrons. The molecule has 3 rings (SSSR count). The van der Waals surface area contributed by atoms with E-state index in [0.717, 1.165) is 28.8 Å². The van der Waals surface area contributed by atoms with Gasteiger partial charge in [-0.1, -0.05) is 0 Å². The second-order valence-corrected chi connectivity index (χ2v) is 3.92. The summed E-state index contributed by atoms with van der Waals surface area (Å²) >= 11 is 0. The molecule has 2 aromatic rings. The van der Waals surface area contributed by atoms with Crippen molar-refractivity contribution in [3.63, 3.8) is 0 Å². The minimum absolute atomic E-state index is 0.260. The fourth-order valence-electron chi connectivity index (χ4n) is 2.10. The molecule has 0 saturated heterocycles. The van der Waals surface area contributed by atoms with Gasteiger partial charge in [0.15, 0.2) is 23.9 Å². The maximum atomic E-state index is 5.45. The Morgan fingerprint density at radius 1 is 1.41 bits per heavy atom. The predicted octanol–water partition coefficient (Wildman–Crippen LogP) is 1.88. The van der Waals surface area contributed by atoms with E-state index in [4.69, 9.17) is 14.2 Å². The normalized spacial score (nSPS) is 13.1. The largest absolute Gasteiger partial charge is 0.492 e. The monoisotopic (exact) mass is 232 g/mol. The van der Waals surface area contributed by atoms with E-state index in [1.165, 1.54) is 0 Å². The molecule has 4 nitrogen and oxygen atoms in total. The number of rotatable bonds is 2. The van der Waals surface area contributed by atoms with Gasteiger partial charge in [-0.3, -0.25) is 0 Å². The van der Waals surface area contributed by atoms with Gasteiger partial charge in [0.25, 0.3) is 0 Å². The summed E-state index contributed by atoms with van der Waals surface area (Å²) in [4.78, 5) is 0. The molecule has 1 aromatic heterocycles. The second kappa shape index (κ2) is 3.80. The number of methoxy groups -OCH3 is 1. The van der Waals surface area contributed by atoms with Gasteiger partial charge in [-0.25, -0.2) is 4.57 Å². The van der Waals surface area contributed by atoms with Gasteiger partial charge in [-0.2, -0.15) is 0 Å². The third-order valence-electron chi connectivity index (χ3n) is 3.00. The first-order valence-electron chi connectivity index (χ1n) is 5.63. The third kappa shape index (κ3) is 1.48. The van der Waals surface area contributed by atoms with Crippen molar-refractivity contribution in [2.24, 2.45) is 0 Å². The lowest BCUT2D eigenvalue weighted by molar-refractivity contribution is -0.692. The molecule has 0 fully saturated rings. The molecule has 1 aliphatic heterocycles. The van der Waals surface area contributed by atoms with Gasteiger partial charge in [0.1, 0.15) is 6.54 Å². The summed E-state index contributed by atoms with van der Waals surface area (Å²) in [6, 6.07) is 4.05. The van der Waals surface area contributed by atoms with E-state index in [0.29, 0.717) is 5.75 Å². The highest BCUT2D eigenvalue weighted by Gasteiger charge is 2.23. The highest BCUT2D eigenvalue weighted by molar-refractivity contribution is 5.92. The third-order valence-corrected chi connectivity index (χ3v) is 3.00. The summed E-state index contributed by atoms with van der Waals surface area (Å²) in [5, 5.41) is 2.14. The van der Waals surface area contributed by atoms with E-state index < -0.39 is 0 Å². The molecule has 0 bridgehead atoms. The second-order valence-electron chi connectivity index (χ2n) is 3.92. The van der Waals surface area contributed by atoms with Gasteiger partial charge in [0.2, 0.25) is 12.5 Å². The number of hydrogen-bond donors (Lipinski definition) is 0. The Balaban J connectivity index is 2.33. The molecule has 0 amide bonds. The first-order chi connectivity index (χ1) is 8.33. The van der Waals surface area contributed by atoms with Crippen molar-refractivity contribution in [1.29, 1.82) is 0 Å². The van der Waals surface area contributed by atoms with Crippen LogP contribution in [-0.4, -0.2) is 13.9 Å². The smallest absolute Gasteiger partial charge is 0.231 e. The van der Waals surface area contributed by atoms with E-state index in [1.54, 1.807) is 7.11 Å². The van der Waals surface area contributed by atoms with E-state index in [2.05, 4.69) is 23.8 Å². The molecule has 4 heteroatoms. The molecule has 1 aromatic carbocycles. The van der Waals surface area contributed by atoms with Crippen LogP contribution in [0.1, 0.15) is 6.92 Å². The van der Waals surface area contributed by atoms with Crippen LogP contribution in [0.5, 0.6) is 17.2 Å². The van der Waals surface area contributed by atoms with Crippen molar-refractivity contribution in [1.82, 2.24) is 0 Å². The predicted molar refractivity (Wildman–Crippen MR) is 62.5 cm³/mol. The zero-order chi connectivity index (χ0) is 11.8. The van der Waals surface area contributed by atoms with Gasteiger partial charge in [-0.05, 0) is 13.0 Å². The summed E-state index contributed by atoms with van der Waals surface area (Å²) in [5.74, 6) is 2.20. The number of ether oxygens (including phenoxy) is 3. The van der Waals surface area contributed by atoms with Gasteiger partial charge < -0.3 is 14.2 Å². The summed E-state index contributed by atoms with van der Waals surface area (Å²) in [6.07, 6.45) is 4.11. The minimum atomic E-state index is 0.260. The molecular formula is C13H14NO3+. The van der Waals surface area contributed by atoms with Crippen LogP contribution in [0.3, 0.4) is 0 Å². The molecule has 0 saturated carbocycles. The average Bonchev–Trinajstić information content (AvgIpc) is 2.82. The van der Waals surface area contributed by atoms with Gasteiger partial charge >= 0.3 is 0 Å². The van der Waals surface area contributed by atoms with E-state index >= 15 is 0 Å². The standard InChI is InChI=1S/C13H14NO3/c1-3-14-5-4-9-6-11-13(17-8-16-11)12(15-2)10(9)7-14/h4-7H,3,8H2,1-2H3/q+1. The number of aryl methyl sites for hydroxylation is 1. The number of pyridine rings is 1. The molecular weight excluding hydrogens is 218 g/mol. The van der Waals surface area contributed by atoms with Crippen LogP contribution in [0.4, 0.5) is 0 Å². The Kier molecular flexibility index (Phi) is 2.28. The van der Waals surface area contributed by atoms with Crippen LogP contribution < -0.4 is 18.8 Å². The molecule has 0 atom stereocenters. The molecule has 2 heterocycles. The Bertz CT molecular complexity index is 580. The number of fused-ring (bicyclic) bond motifs is 2. The molecule has 0 N–H and O–H groups in total. The zero-order valence-electron chi connectivity index (χ0n) is 9.90. The summed E-state index contributed by atoms with van der Waals surface area (Å²) in [7, 11) is 1.65. The SMILES string of the molecule is CC[n+]1ccc2cc3c(c(OC)c2c1)OCO3. The fourth-order valence-corrected chi connectivity index (χ4v) is 2.10. The molecule has 1 aliphatic rings. The highest BCUT2D eigenvalue weighted by atomic mass is 16.7. The summed E-state index contributed by atoms with van der Waals surface area (Å²) < 4.78 is 18.4. The van der Waals surface area contributed by atoms with E-state index in [1.807, 2.05) is 12.3 Å². The lowest BCUT2D eigenvalue weighted by atomic mass is 10.1. The maximum absolute atomic E-state index is 5.45. The molecule has 0 unspecified atom stereocenters. The number of nitrogens with zero attached hydrogens (tertiary/aromatic N) is 1. The lowest BCUT2D eigenvalue weighted by Crippen LogP contribution is -2.30. The Hall–Kier alpha value is -1.97. The first kappa shape index (κ1) is 10.2. The van der Waals surface area contributed by atoms with Crippen molar-refractivity contribution in [3.05, 3.63) is 24.5 Å². The number of hydrogen-bond acceptors (Lipinski definition) is 3. The van der Waals surface area contributed by atoms with Crippen LogP contribution in [-0.2, 0) is 6.54 Å². The average molecular weight is 232 g/mol. The molecule has 17 heavy (non-hydrogen) atoms. The number of aromatic nitrogens is 1. The minimum Gasteiger partial charge on any atom is -0.492 e. The lowest BCUT2D eigenvalue weighted by Gasteiger charge is -2.07. The Morgan fingerprint density at radius 2 is 2.29 bits per heavy atom. The zero-order valence-corrected chi connectivity index (χ0v) is 9.90. The van der Waals surface area contributed by atoms with E-state index in [9.17, 15) is 0 Å². The maximum Gasteiger partial charge on any atom is 0.231 e. The Labute approximate surface area is 99.3 Å². The fraction of sp³-hybridized carbons (Fsp3) is 0.308. The van der Waals surface area contributed by atoms with E-state index in [-0.39, 0.29) is 6.79 Å². The van der Waals surface area contributed by atoms with Crippen molar-refractivity contribution < 1.29 is 18.8 Å². The molecule has 0 aliphatic carbocycles. The van der Waals surface area contributed by atoms with Crippen LogP contribution >= 0.6 is 0 Å². The molecule has 0 spiro atoms. The molecule has 88 valence electrons. The van der Waals surface area contributed by atoms with Gasteiger partial charge in [0.05, 0.1) is 12.5 Å². The van der Waals surface area contributed by atoms with Crippen molar-refractivity contribution in [2.75, 3.05) is 13.9 Å². The van der Waals surface area contributed by atoms with Crippen LogP contribution in [0.2, 0.25) is 0 Å². The quantitative estimate of drug-likeness (QED) is 0.741. The van der Waals surface area contributed by atoms with Crippen LogP contribution in [0.25, 0.3) is 10.8 Å². The van der Waals surface area contributed by atoms with Crippen LogP contribution in [0.15, 0.2) is 24.5 Å². The first-order valence-corrected chi connectivity index (χ1v) is 5.63. The van der Waals surface area contributed by atoms with Crippen molar-refractivity contribution in [2.45, 2.75) is 13.5 Å². The Morgan fingerprint density at radius 3 is 3.06 bits per heavy atom. The number of benzene rings is 1. The topological polar surface area (TPSA) is 31.6 Å². The highest BCUT2D eigenvalue weighted by Crippen LogP contribution is 2.45. The summed E-state index contributed by atoms with van der Waals surface area (Å²) in [6.45, 7) is 3.29. The van der Waals surface area contributed by atoms with Crippen LogP contribution in [0, 0.1) is 0 Å².